The third-order valence-corrected chi connectivity index (χ3v) is 3.03. The summed E-state index contributed by atoms with van der Waals surface area (Å²) in [5.74, 6) is 0. The Morgan fingerprint density at radius 1 is 1.44 bits per heavy atom. The molecule has 102 valence electrons. The number of pyridine rings is 1. The van der Waals surface area contributed by atoms with Gasteiger partial charge in [-0.05, 0) is 32.6 Å². The second kappa shape index (κ2) is 8.19. The molecule has 4 nitrogen and oxygen atoms in total. The predicted octanol–water partition coefficient (Wildman–Crippen LogP) is 1.45. The van der Waals surface area contributed by atoms with E-state index in [0.717, 1.165) is 37.6 Å². The van der Waals surface area contributed by atoms with E-state index in [1.807, 2.05) is 20.0 Å². The van der Waals surface area contributed by atoms with Crippen molar-refractivity contribution in [2.75, 3.05) is 33.9 Å². The van der Waals surface area contributed by atoms with Gasteiger partial charge in [0, 0.05) is 31.9 Å². The van der Waals surface area contributed by atoms with E-state index in [-0.39, 0.29) is 0 Å². The van der Waals surface area contributed by atoms with Crippen molar-refractivity contribution in [3.8, 4) is 0 Å². The average Bonchev–Trinajstić information content (AvgIpc) is 2.37. The van der Waals surface area contributed by atoms with Gasteiger partial charge in [-0.1, -0.05) is 13.0 Å². The zero-order valence-electron chi connectivity index (χ0n) is 11.9. The molecule has 0 bridgehead atoms. The molecule has 18 heavy (non-hydrogen) atoms. The molecule has 0 aliphatic carbocycles. The van der Waals surface area contributed by atoms with Crippen LogP contribution in [-0.4, -0.2) is 49.8 Å². The highest BCUT2D eigenvalue weighted by Gasteiger charge is 2.12. The van der Waals surface area contributed by atoms with E-state index in [1.54, 1.807) is 7.11 Å². The van der Waals surface area contributed by atoms with Gasteiger partial charge in [0.25, 0.3) is 0 Å². The molecule has 0 fully saturated rings. The molecule has 1 rings (SSSR count). The van der Waals surface area contributed by atoms with E-state index in [1.165, 1.54) is 0 Å². The first kappa shape index (κ1) is 15.1. The highest BCUT2D eigenvalue weighted by molar-refractivity contribution is 5.09. The van der Waals surface area contributed by atoms with Gasteiger partial charge in [-0.15, -0.1) is 0 Å². The lowest BCUT2D eigenvalue weighted by atomic mass is 10.2. The molecular weight excluding hydrogens is 226 g/mol. The number of ether oxygens (including phenoxy) is 1. The van der Waals surface area contributed by atoms with Crippen molar-refractivity contribution in [1.82, 2.24) is 15.2 Å². The summed E-state index contributed by atoms with van der Waals surface area (Å²) >= 11 is 0. The highest BCUT2D eigenvalue weighted by atomic mass is 16.5. The van der Waals surface area contributed by atoms with Crippen LogP contribution in [0.3, 0.4) is 0 Å². The van der Waals surface area contributed by atoms with Crippen LogP contribution < -0.4 is 5.32 Å². The molecule has 1 N–H and O–H groups in total. The zero-order valence-corrected chi connectivity index (χ0v) is 11.9. The van der Waals surface area contributed by atoms with Gasteiger partial charge in [0.2, 0.25) is 0 Å². The van der Waals surface area contributed by atoms with Crippen LogP contribution in [0.4, 0.5) is 0 Å². The van der Waals surface area contributed by atoms with Crippen LogP contribution in [0.2, 0.25) is 0 Å². The molecule has 1 heterocycles. The number of likely N-dealkylation sites (N-methyl/N-ethyl adjacent to an activating group) is 2. The SMILES string of the molecule is CCN(Cc1cccc(C)n1)CC(COC)NC. The summed E-state index contributed by atoms with van der Waals surface area (Å²) in [6.45, 7) is 7.80. The summed E-state index contributed by atoms with van der Waals surface area (Å²) in [7, 11) is 3.71. The van der Waals surface area contributed by atoms with Crippen molar-refractivity contribution >= 4 is 0 Å². The monoisotopic (exact) mass is 251 g/mol. The van der Waals surface area contributed by atoms with Crippen molar-refractivity contribution in [1.29, 1.82) is 0 Å². The van der Waals surface area contributed by atoms with Crippen LogP contribution in [0.5, 0.6) is 0 Å². The Labute approximate surface area is 110 Å². The summed E-state index contributed by atoms with van der Waals surface area (Å²) in [4.78, 5) is 6.92. The molecule has 0 saturated carbocycles. The van der Waals surface area contributed by atoms with Gasteiger partial charge >= 0.3 is 0 Å². The average molecular weight is 251 g/mol. The van der Waals surface area contributed by atoms with Crippen LogP contribution in [0.1, 0.15) is 18.3 Å². The molecule has 1 aromatic heterocycles. The van der Waals surface area contributed by atoms with Gasteiger partial charge in [-0.25, -0.2) is 0 Å². The molecule has 1 aromatic rings. The molecule has 1 unspecified atom stereocenters. The van der Waals surface area contributed by atoms with Crippen LogP contribution in [0, 0.1) is 6.92 Å². The van der Waals surface area contributed by atoms with E-state index in [4.69, 9.17) is 4.74 Å². The normalized spacial score (nSPS) is 12.9. The summed E-state index contributed by atoms with van der Waals surface area (Å²) in [5, 5.41) is 3.28. The Kier molecular flexibility index (Phi) is 6.86. The van der Waals surface area contributed by atoms with Crippen molar-refractivity contribution in [2.24, 2.45) is 0 Å². The van der Waals surface area contributed by atoms with E-state index in [2.05, 4.69) is 34.3 Å². The number of hydrogen-bond acceptors (Lipinski definition) is 4. The Hall–Kier alpha value is -0.970. The van der Waals surface area contributed by atoms with Crippen molar-refractivity contribution in [3.63, 3.8) is 0 Å². The first-order chi connectivity index (χ1) is 8.69. The maximum Gasteiger partial charge on any atom is 0.0628 e. The lowest BCUT2D eigenvalue weighted by Crippen LogP contribution is -2.42. The number of aryl methyl sites for hydroxylation is 1. The Morgan fingerprint density at radius 2 is 2.22 bits per heavy atom. The molecule has 0 amide bonds. The molecule has 4 heteroatoms. The van der Waals surface area contributed by atoms with E-state index < -0.39 is 0 Å². The minimum atomic E-state index is 0.361. The van der Waals surface area contributed by atoms with Crippen LogP contribution in [-0.2, 0) is 11.3 Å². The Balaban J connectivity index is 2.55. The summed E-state index contributed by atoms with van der Waals surface area (Å²) in [6.07, 6.45) is 0. The van der Waals surface area contributed by atoms with Gasteiger partial charge in [0.1, 0.15) is 0 Å². The Morgan fingerprint density at radius 3 is 2.78 bits per heavy atom. The molecule has 0 aliphatic heterocycles. The topological polar surface area (TPSA) is 37.4 Å². The number of nitrogens with one attached hydrogen (secondary N) is 1. The highest BCUT2D eigenvalue weighted by Crippen LogP contribution is 2.04. The molecular formula is C14H25N3O. The molecule has 0 aromatic carbocycles. The number of rotatable bonds is 8. The third kappa shape index (κ3) is 5.12. The van der Waals surface area contributed by atoms with Gasteiger partial charge in [-0.3, -0.25) is 9.88 Å². The standard InChI is InChI=1S/C14H25N3O/c1-5-17(10-14(15-3)11-18-4)9-13-8-6-7-12(2)16-13/h6-8,14-15H,5,9-11H2,1-4H3. The molecule has 0 radical (unpaired) electrons. The number of hydrogen-bond donors (Lipinski definition) is 1. The Bertz CT molecular complexity index is 344. The van der Waals surface area contributed by atoms with Crippen molar-refractivity contribution in [2.45, 2.75) is 26.4 Å². The van der Waals surface area contributed by atoms with E-state index in [9.17, 15) is 0 Å². The molecule has 1 atom stereocenters. The number of aromatic nitrogens is 1. The van der Waals surface area contributed by atoms with Crippen molar-refractivity contribution in [3.05, 3.63) is 29.6 Å². The minimum absolute atomic E-state index is 0.361. The molecule has 0 spiro atoms. The summed E-state index contributed by atoms with van der Waals surface area (Å²) in [6, 6.07) is 6.54. The fourth-order valence-electron chi connectivity index (χ4n) is 1.96. The largest absolute Gasteiger partial charge is 0.383 e. The first-order valence-electron chi connectivity index (χ1n) is 6.50. The van der Waals surface area contributed by atoms with Gasteiger partial charge in [0.05, 0.1) is 12.3 Å². The lowest BCUT2D eigenvalue weighted by Gasteiger charge is -2.25. The minimum Gasteiger partial charge on any atom is -0.383 e. The lowest BCUT2D eigenvalue weighted by molar-refractivity contribution is 0.140. The maximum absolute atomic E-state index is 5.20. The predicted molar refractivity (Wildman–Crippen MR) is 74.6 cm³/mol. The van der Waals surface area contributed by atoms with Gasteiger partial charge < -0.3 is 10.1 Å². The second-order valence-electron chi connectivity index (χ2n) is 4.54. The van der Waals surface area contributed by atoms with Crippen LogP contribution >= 0.6 is 0 Å². The van der Waals surface area contributed by atoms with Crippen LogP contribution in [0.15, 0.2) is 18.2 Å². The van der Waals surface area contributed by atoms with E-state index in [0.29, 0.717) is 6.04 Å². The van der Waals surface area contributed by atoms with E-state index >= 15 is 0 Å². The maximum atomic E-state index is 5.20. The second-order valence-corrected chi connectivity index (χ2v) is 4.54. The number of nitrogens with zero attached hydrogens (tertiary/aromatic N) is 2. The van der Waals surface area contributed by atoms with Gasteiger partial charge in [0.15, 0.2) is 0 Å². The first-order valence-corrected chi connectivity index (χ1v) is 6.50. The third-order valence-electron chi connectivity index (χ3n) is 3.03. The molecule has 0 aliphatic rings. The van der Waals surface area contributed by atoms with Gasteiger partial charge in [-0.2, -0.15) is 0 Å². The fraction of sp³-hybridized carbons (Fsp3) is 0.643. The quantitative estimate of drug-likeness (QED) is 0.759. The summed E-state index contributed by atoms with van der Waals surface area (Å²) in [5.41, 5.74) is 2.20. The summed E-state index contributed by atoms with van der Waals surface area (Å²) < 4.78 is 5.20. The van der Waals surface area contributed by atoms with Crippen molar-refractivity contribution < 1.29 is 4.74 Å². The zero-order chi connectivity index (χ0) is 13.4. The smallest absolute Gasteiger partial charge is 0.0628 e. The molecule has 0 saturated heterocycles. The fourth-order valence-corrected chi connectivity index (χ4v) is 1.96. The van der Waals surface area contributed by atoms with Crippen LogP contribution in [0.25, 0.3) is 0 Å². The number of methoxy groups -OCH3 is 1.